The molecule has 2 heterocycles. The van der Waals surface area contributed by atoms with Crippen LogP contribution in [0.2, 0.25) is 5.02 Å². The molecule has 0 aliphatic carbocycles. The molecule has 3 rings (SSSR count). The number of fused-ring (bicyclic) bond motifs is 1. The summed E-state index contributed by atoms with van der Waals surface area (Å²) in [6.45, 7) is 4.16. The topological polar surface area (TPSA) is 30.7 Å². The van der Waals surface area contributed by atoms with E-state index in [9.17, 15) is 0 Å². The van der Waals surface area contributed by atoms with Gasteiger partial charge >= 0.3 is 0 Å². The molecule has 0 saturated heterocycles. The minimum Gasteiger partial charge on any atom is -0.282 e. The zero-order chi connectivity index (χ0) is 14.3. The van der Waals surface area contributed by atoms with Crippen molar-refractivity contribution in [3.63, 3.8) is 0 Å². The molecule has 0 bridgehead atoms. The molecule has 0 aliphatic rings. The SMILES string of the molecule is Cc1cc2ncn(-c3ncc(CCl)cc3Cl)c2cc1C. The number of alkyl halides is 1. The zero-order valence-electron chi connectivity index (χ0n) is 11.2. The van der Waals surface area contributed by atoms with Crippen LogP contribution < -0.4 is 0 Å². The Hall–Kier alpha value is -1.58. The highest BCUT2D eigenvalue weighted by atomic mass is 35.5. The number of nitrogens with zero attached hydrogens (tertiary/aromatic N) is 3. The van der Waals surface area contributed by atoms with Crippen molar-refractivity contribution in [2.24, 2.45) is 0 Å². The van der Waals surface area contributed by atoms with E-state index in [-0.39, 0.29) is 0 Å². The maximum atomic E-state index is 6.30. The Balaban J connectivity index is 2.22. The molecule has 0 N–H and O–H groups in total. The first-order chi connectivity index (χ1) is 9.60. The smallest absolute Gasteiger partial charge is 0.157 e. The highest BCUT2D eigenvalue weighted by Gasteiger charge is 2.11. The number of hydrogen-bond acceptors (Lipinski definition) is 2. The molecule has 0 spiro atoms. The molecule has 0 amide bonds. The summed E-state index contributed by atoms with van der Waals surface area (Å²) in [4.78, 5) is 8.82. The average Bonchev–Trinajstić information content (AvgIpc) is 2.82. The number of aromatic nitrogens is 3. The van der Waals surface area contributed by atoms with Crippen LogP contribution in [-0.2, 0) is 5.88 Å². The van der Waals surface area contributed by atoms with E-state index in [0.29, 0.717) is 16.7 Å². The van der Waals surface area contributed by atoms with Crippen LogP contribution in [0.15, 0.2) is 30.7 Å². The Morgan fingerprint density at radius 2 is 1.85 bits per heavy atom. The van der Waals surface area contributed by atoms with E-state index >= 15 is 0 Å². The highest BCUT2D eigenvalue weighted by Crippen LogP contribution is 2.25. The number of benzene rings is 1. The highest BCUT2D eigenvalue weighted by molar-refractivity contribution is 6.32. The lowest BCUT2D eigenvalue weighted by Gasteiger charge is -2.08. The van der Waals surface area contributed by atoms with Crippen molar-refractivity contribution in [2.75, 3.05) is 0 Å². The number of halogens is 2. The van der Waals surface area contributed by atoms with Crippen molar-refractivity contribution >= 4 is 34.2 Å². The zero-order valence-corrected chi connectivity index (χ0v) is 12.7. The number of rotatable bonds is 2. The van der Waals surface area contributed by atoms with Crippen molar-refractivity contribution in [3.8, 4) is 5.82 Å². The molecule has 0 fully saturated rings. The van der Waals surface area contributed by atoms with Gasteiger partial charge in [0.25, 0.3) is 0 Å². The molecular formula is C15H13Cl2N3. The third-order valence-corrected chi connectivity index (χ3v) is 4.01. The molecule has 0 radical (unpaired) electrons. The van der Waals surface area contributed by atoms with Crippen molar-refractivity contribution < 1.29 is 0 Å². The minimum absolute atomic E-state index is 0.399. The number of hydrogen-bond donors (Lipinski definition) is 0. The van der Waals surface area contributed by atoms with Crippen molar-refractivity contribution in [2.45, 2.75) is 19.7 Å². The summed E-state index contributed by atoms with van der Waals surface area (Å²) >= 11 is 12.1. The molecule has 0 aliphatic heterocycles. The van der Waals surface area contributed by atoms with Gasteiger partial charge in [-0.3, -0.25) is 4.57 Å². The molecule has 20 heavy (non-hydrogen) atoms. The lowest BCUT2D eigenvalue weighted by molar-refractivity contribution is 1.01. The van der Waals surface area contributed by atoms with Gasteiger partial charge in [-0.15, -0.1) is 11.6 Å². The van der Waals surface area contributed by atoms with Crippen LogP contribution in [0.1, 0.15) is 16.7 Å². The summed E-state index contributed by atoms with van der Waals surface area (Å²) < 4.78 is 1.90. The standard InChI is InChI=1S/C15H13Cl2N3/c1-9-3-13-14(4-10(9)2)20(8-19-13)15-12(17)5-11(6-16)7-18-15/h3-5,7-8H,6H2,1-2H3. The summed E-state index contributed by atoms with van der Waals surface area (Å²) in [6, 6.07) is 6.01. The summed E-state index contributed by atoms with van der Waals surface area (Å²) in [5, 5.41) is 0.570. The average molecular weight is 306 g/mol. The molecule has 3 aromatic rings. The molecule has 5 heteroatoms. The van der Waals surface area contributed by atoms with E-state index < -0.39 is 0 Å². The Kier molecular flexibility index (Phi) is 3.40. The van der Waals surface area contributed by atoms with E-state index in [0.717, 1.165) is 16.6 Å². The van der Waals surface area contributed by atoms with Crippen LogP contribution in [-0.4, -0.2) is 14.5 Å². The molecule has 0 saturated carbocycles. The van der Waals surface area contributed by atoms with Gasteiger partial charge in [-0.2, -0.15) is 0 Å². The fourth-order valence-electron chi connectivity index (χ4n) is 2.15. The summed E-state index contributed by atoms with van der Waals surface area (Å²) in [7, 11) is 0. The van der Waals surface area contributed by atoms with E-state index in [1.807, 2.05) is 10.6 Å². The first kappa shape index (κ1) is 13.4. The second kappa shape index (κ2) is 5.08. The Bertz CT molecular complexity index is 793. The van der Waals surface area contributed by atoms with Gasteiger partial charge in [0.05, 0.1) is 16.1 Å². The maximum absolute atomic E-state index is 6.30. The first-order valence-electron chi connectivity index (χ1n) is 6.25. The van der Waals surface area contributed by atoms with Crippen LogP contribution in [0, 0.1) is 13.8 Å². The molecule has 102 valence electrons. The van der Waals surface area contributed by atoms with Crippen LogP contribution in [0.3, 0.4) is 0 Å². The molecule has 2 aromatic heterocycles. The van der Waals surface area contributed by atoms with Crippen molar-refractivity contribution in [3.05, 3.63) is 52.4 Å². The second-order valence-electron chi connectivity index (χ2n) is 4.82. The molecule has 3 nitrogen and oxygen atoms in total. The fraction of sp³-hybridized carbons (Fsp3) is 0.200. The summed E-state index contributed by atoms with van der Waals surface area (Å²) in [5.41, 5.74) is 5.28. The van der Waals surface area contributed by atoms with Crippen LogP contribution >= 0.6 is 23.2 Å². The molecule has 0 atom stereocenters. The van der Waals surface area contributed by atoms with E-state index in [4.69, 9.17) is 23.2 Å². The van der Waals surface area contributed by atoms with Crippen LogP contribution in [0.4, 0.5) is 0 Å². The van der Waals surface area contributed by atoms with Gasteiger partial charge in [0.2, 0.25) is 0 Å². The summed E-state index contributed by atoms with van der Waals surface area (Å²) in [5.74, 6) is 1.07. The van der Waals surface area contributed by atoms with Crippen molar-refractivity contribution in [1.82, 2.24) is 14.5 Å². The molecular weight excluding hydrogens is 293 g/mol. The lowest BCUT2D eigenvalue weighted by Crippen LogP contribution is -1.98. The predicted octanol–water partition coefficient (Wildman–Crippen LogP) is 4.43. The first-order valence-corrected chi connectivity index (χ1v) is 7.16. The third kappa shape index (κ3) is 2.17. The van der Waals surface area contributed by atoms with Gasteiger partial charge < -0.3 is 0 Å². The largest absolute Gasteiger partial charge is 0.282 e. The second-order valence-corrected chi connectivity index (χ2v) is 5.50. The van der Waals surface area contributed by atoms with E-state index in [2.05, 4.69) is 35.9 Å². The third-order valence-electron chi connectivity index (χ3n) is 3.42. The van der Waals surface area contributed by atoms with Gasteiger partial charge in [0.1, 0.15) is 6.33 Å². The van der Waals surface area contributed by atoms with E-state index in [1.165, 1.54) is 11.1 Å². The maximum Gasteiger partial charge on any atom is 0.157 e. The lowest BCUT2D eigenvalue weighted by atomic mass is 10.1. The predicted molar refractivity (Wildman–Crippen MR) is 82.9 cm³/mol. The van der Waals surface area contributed by atoms with Gasteiger partial charge in [0, 0.05) is 12.1 Å². The normalized spacial score (nSPS) is 11.2. The Morgan fingerprint density at radius 1 is 1.10 bits per heavy atom. The van der Waals surface area contributed by atoms with Gasteiger partial charge in [-0.25, -0.2) is 9.97 Å². The Morgan fingerprint density at radius 3 is 2.55 bits per heavy atom. The molecule has 0 unspecified atom stereocenters. The van der Waals surface area contributed by atoms with Gasteiger partial charge in [-0.05, 0) is 48.7 Å². The Labute approximate surface area is 127 Å². The number of pyridine rings is 1. The summed E-state index contributed by atoms with van der Waals surface area (Å²) in [6.07, 6.45) is 3.49. The van der Waals surface area contributed by atoms with Crippen molar-refractivity contribution in [1.29, 1.82) is 0 Å². The van der Waals surface area contributed by atoms with Crippen LogP contribution in [0.5, 0.6) is 0 Å². The molecule has 1 aromatic carbocycles. The van der Waals surface area contributed by atoms with E-state index in [1.54, 1.807) is 12.5 Å². The van der Waals surface area contributed by atoms with Gasteiger partial charge in [0.15, 0.2) is 5.82 Å². The monoisotopic (exact) mass is 305 g/mol. The fourth-order valence-corrected chi connectivity index (χ4v) is 2.58. The van der Waals surface area contributed by atoms with Gasteiger partial charge in [-0.1, -0.05) is 11.6 Å². The van der Waals surface area contributed by atoms with Crippen LogP contribution in [0.25, 0.3) is 16.9 Å². The minimum atomic E-state index is 0.399. The quantitative estimate of drug-likeness (QED) is 0.656. The number of aryl methyl sites for hydroxylation is 2. The number of imidazole rings is 1.